The van der Waals surface area contributed by atoms with Crippen molar-refractivity contribution in [1.82, 2.24) is 0 Å². The largest absolute Gasteiger partial charge is 0.468 e. The topological polar surface area (TPSA) is 52.6 Å². The molecule has 0 N–H and O–H groups in total. The molecule has 0 unspecified atom stereocenters. The van der Waals surface area contributed by atoms with Gasteiger partial charge in [0.1, 0.15) is 0 Å². The number of esters is 2. The predicted molar refractivity (Wildman–Crippen MR) is 104 cm³/mol. The third kappa shape index (κ3) is 4.55. The molecule has 1 aliphatic carbocycles. The second kappa shape index (κ2) is 9.55. The number of carbonyl (C=O) groups is 2. The van der Waals surface area contributed by atoms with Crippen molar-refractivity contribution in [2.45, 2.75) is 71.1 Å². The summed E-state index contributed by atoms with van der Waals surface area (Å²) >= 11 is 0. The number of allylic oxidation sites excluding steroid dienone is 2. The Bertz CT molecular complexity index is 458. The maximum absolute atomic E-state index is 12.5. The molecule has 1 saturated carbocycles. The molecule has 4 nitrogen and oxygen atoms in total. The molecule has 1 fully saturated rings. The molecule has 25 heavy (non-hydrogen) atoms. The van der Waals surface area contributed by atoms with Crippen molar-refractivity contribution in [3.63, 3.8) is 0 Å². The molecule has 2 atom stereocenters. The van der Waals surface area contributed by atoms with Crippen LogP contribution < -0.4 is 0 Å². The Morgan fingerprint density at radius 1 is 1.00 bits per heavy atom. The molecule has 0 aliphatic heterocycles. The molecule has 0 aromatic heterocycles. The Morgan fingerprint density at radius 2 is 1.52 bits per heavy atom. The van der Waals surface area contributed by atoms with Gasteiger partial charge in [0.05, 0.1) is 22.3 Å². The summed E-state index contributed by atoms with van der Waals surface area (Å²) in [4.78, 5) is 25.1. The number of carbonyl (C=O) groups excluding carboxylic acids is 2. The van der Waals surface area contributed by atoms with Gasteiger partial charge in [-0.05, 0) is 31.1 Å². The van der Waals surface area contributed by atoms with E-state index in [0.29, 0.717) is 18.8 Å². The van der Waals surface area contributed by atoms with Crippen LogP contribution in [0.2, 0.25) is 24.2 Å². The highest BCUT2D eigenvalue weighted by Gasteiger charge is 2.57. The molecular weight excluding hydrogens is 332 g/mol. The second-order valence-corrected chi connectivity index (χ2v) is 13.0. The van der Waals surface area contributed by atoms with Crippen molar-refractivity contribution in [3.8, 4) is 0 Å². The van der Waals surface area contributed by atoms with E-state index in [-0.39, 0.29) is 5.92 Å². The summed E-state index contributed by atoms with van der Waals surface area (Å²) in [5.74, 6) is -0.274. The van der Waals surface area contributed by atoms with Crippen LogP contribution in [0, 0.1) is 17.3 Å². The molecule has 0 aromatic rings. The van der Waals surface area contributed by atoms with E-state index in [2.05, 4.69) is 39.8 Å². The zero-order chi connectivity index (χ0) is 19.1. The highest BCUT2D eigenvalue weighted by molar-refractivity contribution is 6.79. The highest BCUT2D eigenvalue weighted by Crippen LogP contribution is 2.51. The summed E-state index contributed by atoms with van der Waals surface area (Å²) < 4.78 is 10.0. The van der Waals surface area contributed by atoms with Crippen molar-refractivity contribution < 1.29 is 19.1 Å². The molecular formula is C20H36O4Si. The van der Waals surface area contributed by atoms with Gasteiger partial charge in [0.15, 0.2) is 5.41 Å². The first kappa shape index (κ1) is 21.9. The van der Waals surface area contributed by atoms with E-state index < -0.39 is 25.4 Å². The van der Waals surface area contributed by atoms with Gasteiger partial charge < -0.3 is 9.47 Å². The molecule has 0 spiro atoms. The van der Waals surface area contributed by atoms with Crippen LogP contribution in [0.4, 0.5) is 0 Å². The van der Waals surface area contributed by atoms with Crippen LogP contribution in [-0.2, 0) is 19.1 Å². The number of ether oxygens (including phenoxy) is 2. The fourth-order valence-corrected chi connectivity index (χ4v) is 8.48. The van der Waals surface area contributed by atoms with E-state index in [1.54, 1.807) is 0 Å². The lowest BCUT2D eigenvalue weighted by molar-refractivity contribution is -0.169. The Kier molecular flexibility index (Phi) is 8.38. The van der Waals surface area contributed by atoms with Crippen LogP contribution >= 0.6 is 0 Å². The fourth-order valence-electron chi connectivity index (χ4n) is 4.56. The molecule has 1 rings (SSSR count). The Morgan fingerprint density at radius 3 is 1.92 bits per heavy atom. The summed E-state index contributed by atoms with van der Waals surface area (Å²) in [5.41, 5.74) is -1.13. The molecule has 0 bridgehead atoms. The molecule has 0 saturated heterocycles. The first-order chi connectivity index (χ1) is 11.9. The minimum atomic E-state index is -1.35. The van der Waals surface area contributed by atoms with E-state index >= 15 is 0 Å². The molecule has 0 aromatic carbocycles. The van der Waals surface area contributed by atoms with Crippen LogP contribution in [-0.4, -0.2) is 34.2 Å². The standard InChI is InChI=1S/C20H36O4Si/c1-7-11-12-16-13-20(18(21)23-5,19(22)24-6)14-17(16)15-25(8-2,9-3)10-4/h11-12,16-17H,7-10,13-15H2,1-6H3/b12-11+/t16-,17+/m1/s1. The summed E-state index contributed by atoms with van der Waals surface area (Å²) in [6.45, 7) is 9.02. The summed E-state index contributed by atoms with van der Waals surface area (Å²) in [6, 6.07) is 4.93. The minimum Gasteiger partial charge on any atom is -0.468 e. The summed E-state index contributed by atoms with van der Waals surface area (Å²) in [7, 11) is 1.37. The zero-order valence-corrected chi connectivity index (χ0v) is 17.9. The number of hydrogen-bond donors (Lipinski definition) is 0. The van der Waals surface area contributed by atoms with Crippen molar-refractivity contribution in [1.29, 1.82) is 0 Å². The molecule has 0 heterocycles. The summed E-state index contributed by atoms with van der Waals surface area (Å²) in [6.07, 6.45) is 6.41. The lowest BCUT2D eigenvalue weighted by Gasteiger charge is -2.33. The summed E-state index contributed by atoms with van der Waals surface area (Å²) in [5, 5.41) is 0. The lowest BCUT2D eigenvalue weighted by Crippen LogP contribution is -2.40. The van der Waals surface area contributed by atoms with Gasteiger partial charge in [0.2, 0.25) is 0 Å². The van der Waals surface area contributed by atoms with Crippen molar-refractivity contribution >= 4 is 20.0 Å². The van der Waals surface area contributed by atoms with E-state index in [1.807, 2.05) is 0 Å². The Labute approximate surface area is 154 Å². The average molecular weight is 369 g/mol. The number of hydrogen-bond acceptors (Lipinski definition) is 4. The van der Waals surface area contributed by atoms with Crippen molar-refractivity contribution in [2.75, 3.05) is 14.2 Å². The monoisotopic (exact) mass is 368 g/mol. The SMILES string of the molecule is CC/C=C/[C@@H]1CC(C(=O)OC)(C(=O)OC)C[C@H]1C[Si](CC)(CC)CC. The van der Waals surface area contributed by atoms with E-state index in [9.17, 15) is 9.59 Å². The first-order valence-corrected chi connectivity index (χ1v) is 12.5. The van der Waals surface area contributed by atoms with Crippen LogP contribution in [0.5, 0.6) is 0 Å². The Hall–Kier alpha value is -1.10. The van der Waals surface area contributed by atoms with E-state index in [1.165, 1.54) is 38.4 Å². The van der Waals surface area contributed by atoms with Gasteiger partial charge in [-0.1, -0.05) is 64.0 Å². The minimum absolute atomic E-state index is 0.245. The highest BCUT2D eigenvalue weighted by atomic mass is 28.3. The maximum Gasteiger partial charge on any atom is 0.323 e. The van der Waals surface area contributed by atoms with Crippen molar-refractivity contribution in [3.05, 3.63) is 12.2 Å². The van der Waals surface area contributed by atoms with Crippen LogP contribution in [0.3, 0.4) is 0 Å². The third-order valence-electron chi connectivity index (χ3n) is 6.52. The fraction of sp³-hybridized carbons (Fsp3) is 0.800. The molecule has 0 amide bonds. The van der Waals surface area contributed by atoms with Gasteiger partial charge in [-0.3, -0.25) is 9.59 Å². The van der Waals surface area contributed by atoms with Gasteiger partial charge in [0, 0.05) is 0 Å². The van der Waals surface area contributed by atoms with Gasteiger partial charge in [0.25, 0.3) is 0 Å². The Balaban J connectivity index is 3.22. The van der Waals surface area contributed by atoms with E-state index in [0.717, 1.165) is 6.42 Å². The number of rotatable bonds is 9. The van der Waals surface area contributed by atoms with Gasteiger partial charge in [-0.2, -0.15) is 0 Å². The molecule has 0 radical (unpaired) electrons. The lowest BCUT2D eigenvalue weighted by atomic mass is 9.85. The molecule has 1 aliphatic rings. The molecule has 144 valence electrons. The van der Waals surface area contributed by atoms with Crippen molar-refractivity contribution in [2.24, 2.45) is 17.3 Å². The zero-order valence-electron chi connectivity index (χ0n) is 16.9. The number of methoxy groups -OCH3 is 2. The predicted octanol–water partition coefficient (Wildman–Crippen LogP) is 4.82. The average Bonchev–Trinajstić information content (AvgIpc) is 3.02. The normalized spacial score (nSPS) is 23.0. The van der Waals surface area contributed by atoms with Gasteiger partial charge in [-0.15, -0.1) is 0 Å². The maximum atomic E-state index is 12.5. The smallest absolute Gasteiger partial charge is 0.323 e. The van der Waals surface area contributed by atoms with Gasteiger partial charge >= 0.3 is 11.9 Å². The van der Waals surface area contributed by atoms with Crippen LogP contribution in [0.15, 0.2) is 12.2 Å². The quantitative estimate of drug-likeness (QED) is 0.253. The van der Waals surface area contributed by atoms with Gasteiger partial charge in [-0.25, -0.2) is 0 Å². The van der Waals surface area contributed by atoms with Crippen LogP contribution in [0.1, 0.15) is 47.0 Å². The van der Waals surface area contributed by atoms with Crippen LogP contribution in [0.25, 0.3) is 0 Å². The molecule has 5 heteroatoms. The third-order valence-corrected chi connectivity index (χ3v) is 12.4. The first-order valence-electron chi connectivity index (χ1n) is 9.72. The second-order valence-electron chi connectivity index (χ2n) is 7.50. The van der Waals surface area contributed by atoms with E-state index in [4.69, 9.17) is 9.47 Å².